The molecule has 0 spiro atoms. The summed E-state index contributed by atoms with van der Waals surface area (Å²) in [6.45, 7) is -0.669. The molecule has 7 nitrogen and oxygen atoms in total. The second kappa shape index (κ2) is 9.94. The lowest BCUT2D eigenvalue weighted by molar-refractivity contribution is -0.119. The van der Waals surface area contributed by atoms with Crippen LogP contribution in [0.15, 0.2) is 83.3 Å². The molecule has 34 heavy (non-hydrogen) atoms. The molecule has 0 aliphatic heterocycles. The van der Waals surface area contributed by atoms with Crippen LogP contribution in [0.5, 0.6) is 5.75 Å². The maximum atomic E-state index is 12.5. The van der Waals surface area contributed by atoms with Gasteiger partial charge in [0.05, 0.1) is 0 Å². The van der Waals surface area contributed by atoms with E-state index in [1.54, 1.807) is 0 Å². The number of ether oxygens (including phenoxy) is 1. The number of nitriles is 1. The maximum Gasteiger partial charge on any atom is 0.342 e. The van der Waals surface area contributed by atoms with E-state index in [0.29, 0.717) is 11.3 Å². The van der Waals surface area contributed by atoms with Gasteiger partial charge in [0.25, 0.3) is 5.91 Å². The van der Waals surface area contributed by atoms with Gasteiger partial charge in [0, 0.05) is 16.1 Å². The second-order valence-corrected chi connectivity index (χ2v) is 7.58. The van der Waals surface area contributed by atoms with Crippen molar-refractivity contribution in [2.75, 3.05) is 11.9 Å². The molecular formula is C26H17ClN2O5. The minimum absolute atomic E-state index is 0.0631. The molecule has 0 saturated carbocycles. The van der Waals surface area contributed by atoms with E-state index in [1.165, 1.54) is 18.2 Å². The maximum absolute atomic E-state index is 12.5. The summed E-state index contributed by atoms with van der Waals surface area (Å²) in [5.41, 5.74) is 1.96. The van der Waals surface area contributed by atoms with Crippen molar-refractivity contribution in [3.8, 4) is 34.3 Å². The molecular weight excluding hydrogens is 456 g/mol. The fourth-order valence-electron chi connectivity index (χ4n) is 3.34. The number of nitrogens with zero attached hydrogens (tertiary/aromatic N) is 1. The number of phenolic OH excluding ortho intramolecular Hbond substituents is 1. The zero-order valence-corrected chi connectivity index (χ0v) is 18.4. The van der Waals surface area contributed by atoms with Crippen molar-refractivity contribution in [2.45, 2.75) is 0 Å². The molecule has 2 N–H and O–H groups in total. The van der Waals surface area contributed by atoms with Crippen molar-refractivity contribution < 1.29 is 23.8 Å². The standard InChI is InChI=1S/C26H17ClN2O5/c27-18-11-12-21(30)19(13-18)26(32)33-15-22(31)29-25-20(14-28)23(16-7-3-1-4-8-16)24(34-25)17-9-5-2-6-10-17/h1-13,30H,15H2,(H,29,31). The van der Waals surface area contributed by atoms with Crippen LogP contribution < -0.4 is 5.32 Å². The van der Waals surface area contributed by atoms with Gasteiger partial charge in [-0.25, -0.2) is 4.79 Å². The first kappa shape index (κ1) is 22.6. The molecule has 0 unspecified atom stereocenters. The SMILES string of the molecule is N#Cc1c(NC(=O)COC(=O)c2cc(Cl)ccc2O)oc(-c2ccccc2)c1-c1ccccc1. The summed E-state index contributed by atoms with van der Waals surface area (Å²) in [5, 5.41) is 22.4. The molecule has 0 fully saturated rings. The Bertz CT molecular complexity index is 1390. The average molecular weight is 473 g/mol. The first-order chi connectivity index (χ1) is 16.5. The van der Waals surface area contributed by atoms with Crippen molar-refractivity contribution in [1.82, 2.24) is 0 Å². The number of rotatable bonds is 6. The van der Waals surface area contributed by atoms with Crippen LogP contribution in [0.25, 0.3) is 22.5 Å². The highest BCUT2D eigenvalue weighted by atomic mass is 35.5. The third-order valence-corrected chi connectivity index (χ3v) is 5.12. The van der Waals surface area contributed by atoms with E-state index in [1.807, 2.05) is 60.7 Å². The van der Waals surface area contributed by atoms with Crippen molar-refractivity contribution in [3.05, 3.63) is 95.0 Å². The quantitative estimate of drug-likeness (QED) is 0.351. The molecule has 168 valence electrons. The molecule has 4 aromatic rings. The predicted molar refractivity (Wildman–Crippen MR) is 126 cm³/mol. The van der Waals surface area contributed by atoms with E-state index in [2.05, 4.69) is 11.4 Å². The van der Waals surface area contributed by atoms with Crippen LogP contribution in [0.1, 0.15) is 15.9 Å². The lowest BCUT2D eigenvalue weighted by Gasteiger charge is -2.07. The molecule has 1 heterocycles. The van der Waals surface area contributed by atoms with Crippen LogP contribution in [-0.2, 0) is 9.53 Å². The number of esters is 1. The summed E-state index contributed by atoms with van der Waals surface area (Å²) in [6, 6.07) is 24.4. The Hall–Kier alpha value is -4.54. The smallest absolute Gasteiger partial charge is 0.342 e. The zero-order chi connectivity index (χ0) is 24.1. The van der Waals surface area contributed by atoms with Crippen LogP contribution in [0, 0.1) is 11.3 Å². The Labute approximate surface area is 199 Å². The first-order valence-corrected chi connectivity index (χ1v) is 10.5. The highest BCUT2D eigenvalue weighted by molar-refractivity contribution is 6.31. The monoisotopic (exact) mass is 472 g/mol. The number of aromatic hydroxyl groups is 1. The number of phenols is 1. The molecule has 0 radical (unpaired) electrons. The number of halogens is 1. The first-order valence-electron chi connectivity index (χ1n) is 10.1. The van der Waals surface area contributed by atoms with Crippen LogP contribution in [0.4, 0.5) is 5.88 Å². The fraction of sp³-hybridized carbons (Fsp3) is 0.0385. The summed E-state index contributed by atoms with van der Waals surface area (Å²) in [6.07, 6.45) is 0. The lowest BCUT2D eigenvalue weighted by atomic mass is 9.98. The van der Waals surface area contributed by atoms with Gasteiger partial charge in [0.15, 0.2) is 6.61 Å². The Morgan fingerprint density at radius 2 is 1.65 bits per heavy atom. The average Bonchev–Trinajstić information content (AvgIpc) is 3.23. The third kappa shape index (κ3) is 4.77. The topological polar surface area (TPSA) is 113 Å². The van der Waals surface area contributed by atoms with Crippen molar-refractivity contribution in [1.29, 1.82) is 5.26 Å². The number of hydrogen-bond acceptors (Lipinski definition) is 6. The van der Waals surface area contributed by atoms with Crippen molar-refractivity contribution in [3.63, 3.8) is 0 Å². The molecule has 8 heteroatoms. The van der Waals surface area contributed by atoms with Gasteiger partial charge >= 0.3 is 5.97 Å². The normalized spacial score (nSPS) is 10.4. The fourth-order valence-corrected chi connectivity index (χ4v) is 3.51. The van der Waals surface area contributed by atoms with E-state index in [4.69, 9.17) is 20.8 Å². The van der Waals surface area contributed by atoms with Gasteiger partial charge in [0.2, 0.25) is 5.88 Å². The van der Waals surface area contributed by atoms with Gasteiger partial charge in [-0.3, -0.25) is 10.1 Å². The molecule has 0 atom stereocenters. The molecule has 4 rings (SSSR count). The number of nitrogens with one attached hydrogen (secondary N) is 1. The van der Waals surface area contributed by atoms with Crippen molar-refractivity contribution in [2.24, 2.45) is 0 Å². The Balaban J connectivity index is 1.60. The lowest BCUT2D eigenvalue weighted by Crippen LogP contribution is -2.21. The summed E-state index contributed by atoms with van der Waals surface area (Å²) >= 11 is 5.84. The van der Waals surface area contributed by atoms with Gasteiger partial charge in [-0.2, -0.15) is 5.26 Å². The summed E-state index contributed by atoms with van der Waals surface area (Å²) in [5.74, 6) is -1.62. The summed E-state index contributed by atoms with van der Waals surface area (Å²) in [4.78, 5) is 24.7. The van der Waals surface area contributed by atoms with Crippen LogP contribution in [0.2, 0.25) is 5.02 Å². The molecule has 1 amide bonds. The van der Waals surface area contributed by atoms with E-state index >= 15 is 0 Å². The third-order valence-electron chi connectivity index (χ3n) is 4.88. The van der Waals surface area contributed by atoms with Gasteiger partial charge in [-0.05, 0) is 23.8 Å². The Kier molecular flexibility index (Phi) is 6.62. The van der Waals surface area contributed by atoms with E-state index < -0.39 is 18.5 Å². The Morgan fingerprint density at radius 3 is 2.29 bits per heavy atom. The Morgan fingerprint density at radius 1 is 1.00 bits per heavy atom. The van der Waals surface area contributed by atoms with E-state index in [0.717, 1.165) is 11.1 Å². The van der Waals surface area contributed by atoms with Gasteiger partial charge in [0.1, 0.15) is 28.7 Å². The zero-order valence-electron chi connectivity index (χ0n) is 17.6. The summed E-state index contributed by atoms with van der Waals surface area (Å²) < 4.78 is 10.9. The van der Waals surface area contributed by atoms with Gasteiger partial charge < -0.3 is 14.3 Å². The molecule has 0 aliphatic rings. The summed E-state index contributed by atoms with van der Waals surface area (Å²) in [7, 11) is 0. The van der Waals surface area contributed by atoms with E-state index in [9.17, 15) is 20.0 Å². The number of hydrogen-bond donors (Lipinski definition) is 2. The number of furan rings is 1. The predicted octanol–water partition coefficient (Wildman–Crippen LogP) is 5.64. The van der Waals surface area contributed by atoms with Crippen LogP contribution in [0.3, 0.4) is 0 Å². The number of amides is 1. The van der Waals surface area contributed by atoms with Crippen molar-refractivity contribution >= 4 is 29.4 Å². The van der Waals surface area contributed by atoms with Gasteiger partial charge in [-0.15, -0.1) is 0 Å². The number of benzene rings is 3. The number of anilines is 1. The second-order valence-electron chi connectivity index (χ2n) is 7.14. The highest BCUT2D eigenvalue weighted by Crippen LogP contribution is 2.41. The molecule has 3 aromatic carbocycles. The minimum Gasteiger partial charge on any atom is -0.507 e. The van der Waals surface area contributed by atoms with Crippen LogP contribution in [-0.4, -0.2) is 23.6 Å². The minimum atomic E-state index is -0.926. The molecule has 1 aromatic heterocycles. The largest absolute Gasteiger partial charge is 0.507 e. The van der Waals surface area contributed by atoms with Gasteiger partial charge in [-0.1, -0.05) is 72.3 Å². The number of carbonyl (C=O) groups is 2. The molecule has 0 saturated heterocycles. The number of carbonyl (C=O) groups excluding carboxylic acids is 2. The molecule has 0 bridgehead atoms. The van der Waals surface area contributed by atoms with Crippen LogP contribution >= 0.6 is 11.6 Å². The van der Waals surface area contributed by atoms with E-state index in [-0.39, 0.29) is 27.8 Å². The highest BCUT2D eigenvalue weighted by Gasteiger charge is 2.24. The molecule has 0 aliphatic carbocycles.